The molecule has 28 heavy (non-hydrogen) atoms. The largest absolute Gasteiger partial charge is 0.379 e. The van der Waals surface area contributed by atoms with Crippen LogP contribution in [0.2, 0.25) is 0 Å². The fraction of sp³-hybridized carbons (Fsp3) is 0.667. The van der Waals surface area contributed by atoms with Gasteiger partial charge in [0.25, 0.3) is 11.5 Å². The Labute approximate surface area is 167 Å². The highest BCUT2D eigenvalue weighted by Crippen LogP contribution is 2.27. The van der Waals surface area contributed by atoms with Crippen LogP contribution in [0.5, 0.6) is 0 Å². The maximum Gasteiger partial charge on any atom is 0.274 e. The van der Waals surface area contributed by atoms with E-state index < -0.39 is 5.56 Å². The van der Waals surface area contributed by atoms with Gasteiger partial charge in [0.2, 0.25) is 10.1 Å². The molecule has 0 saturated carbocycles. The number of nitrogens with one attached hydrogen (secondary N) is 1. The molecular formula is C18H26N6O3S. The van der Waals surface area contributed by atoms with Crippen LogP contribution in [0.15, 0.2) is 10.9 Å². The summed E-state index contributed by atoms with van der Waals surface area (Å²) in [6.07, 6.45) is 2.34. The van der Waals surface area contributed by atoms with E-state index in [9.17, 15) is 9.59 Å². The number of rotatable bonds is 5. The molecule has 1 N–H and O–H groups in total. The maximum absolute atomic E-state index is 12.7. The summed E-state index contributed by atoms with van der Waals surface area (Å²) >= 11 is 1.36. The molecule has 2 saturated heterocycles. The third-order valence-electron chi connectivity index (χ3n) is 5.22. The number of aromatic nitrogens is 3. The molecule has 0 spiro atoms. The van der Waals surface area contributed by atoms with Crippen molar-refractivity contribution >= 4 is 27.3 Å². The van der Waals surface area contributed by atoms with Gasteiger partial charge >= 0.3 is 0 Å². The third kappa shape index (κ3) is 4.34. The normalized spacial score (nSPS) is 21.2. The zero-order valence-electron chi connectivity index (χ0n) is 16.1. The second-order valence-electron chi connectivity index (χ2n) is 7.46. The van der Waals surface area contributed by atoms with Gasteiger partial charge in [0, 0.05) is 45.3 Å². The van der Waals surface area contributed by atoms with Gasteiger partial charge in [-0.15, -0.1) is 5.10 Å². The highest BCUT2D eigenvalue weighted by Gasteiger charge is 2.22. The van der Waals surface area contributed by atoms with Crippen molar-refractivity contribution in [2.24, 2.45) is 5.92 Å². The quantitative estimate of drug-likeness (QED) is 0.771. The first-order valence-electron chi connectivity index (χ1n) is 9.84. The summed E-state index contributed by atoms with van der Waals surface area (Å²) in [7, 11) is 0. The van der Waals surface area contributed by atoms with Crippen LogP contribution in [0.3, 0.4) is 0 Å². The number of carbonyl (C=O) groups is 1. The van der Waals surface area contributed by atoms with Crippen LogP contribution in [0.25, 0.3) is 4.96 Å². The summed E-state index contributed by atoms with van der Waals surface area (Å²) in [5.41, 5.74) is -0.176. The number of piperidine rings is 1. The van der Waals surface area contributed by atoms with Gasteiger partial charge in [0.1, 0.15) is 5.69 Å². The average Bonchev–Trinajstić information content (AvgIpc) is 3.12. The van der Waals surface area contributed by atoms with Gasteiger partial charge in [0.15, 0.2) is 0 Å². The van der Waals surface area contributed by atoms with Gasteiger partial charge in [-0.1, -0.05) is 18.3 Å². The van der Waals surface area contributed by atoms with E-state index in [0.717, 1.165) is 57.5 Å². The summed E-state index contributed by atoms with van der Waals surface area (Å²) < 4.78 is 6.84. The van der Waals surface area contributed by atoms with Gasteiger partial charge in [-0.2, -0.15) is 9.50 Å². The lowest BCUT2D eigenvalue weighted by molar-refractivity contribution is 0.0383. The van der Waals surface area contributed by atoms with Crippen LogP contribution in [-0.4, -0.2) is 77.9 Å². The van der Waals surface area contributed by atoms with Crippen molar-refractivity contribution in [3.63, 3.8) is 0 Å². The molecule has 2 fully saturated rings. The lowest BCUT2D eigenvalue weighted by Crippen LogP contribution is -2.41. The molecule has 0 aromatic carbocycles. The maximum atomic E-state index is 12.7. The van der Waals surface area contributed by atoms with Crippen LogP contribution >= 0.6 is 11.3 Å². The van der Waals surface area contributed by atoms with Crippen molar-refractivity contribution < 1.29 is 9.53 Å². The van der Waals surface area contributed by atoms with Crippen molar-refractivity contribution in [3.8, 4) is 0 Å². The number of ether oxygens (including phenoxy) is 1. The van der Waals surface area contributed by atoms with E-state index >= 15 is 0 Å². The molecule has 1 atom stereocenters. The number of hydrogen-bond acceptors (Lipinski definition) is 8. The SMILES string of the molecule is C[C@H]1CCCN(c2nn3c(C(=O)NCCN4CCOCC4)cc(=O)nc3s2)C1. The van der Waals surface area contributed by atoms with E-state index in [1.54, 1.807) is 0 Å². The average molecular weight is 407 g/mol. The summed E-state index contributed by atoms with van der Waals surface area (Å²) in [5, 5.41) is 8.32. The Balaban J connectivity index is 1.49. The van der Waals surface area contributed by atoms with Gasteiger partial charge in [-0.05, 0) is 18.8 Å². The zero-order valence-corrected chi connectivity index (χ0v) is 16.9. The second kappa shape index (κ2) is 8.54. The van der Waals surface area contributed by atoms with Crippen molar-refractivity contribution in [1.29, 1.82) is 0 Å². The smallest absolute Gasteiger partial charge is 0.274 e. The summed E-state index contributed by atoms with van der Waals surface area (Å²) in [6.45, 7) is 8.58. The first-order chi connectivity index (χ1) is 13.6. The molecule has 2 aromatic heterocycles. The second-order valence-corrected chi connectivity index (χ2v) is 8.40. The van der Waals surface area contributed by atoms with Crippen molar-refractivity contribution in [1.82, 2.24) is 24.8 Å². The Bertz CT molecular complexity index is 891. The Hall–Kier alpha value is -2.04. The first kappa shape index (κ1) is 19.3. The standard InChI is InChI=1S/C18H26N6O3S/c1-13-3-2-5-23(12-13)18-21-24-14(11-15(25)20-17(24)28-18)16(26)19-4-6-22-7-9-27-10-8-22/h11,13H,2-10,12H2,1H3,(H,19,26)/t13-/m0/s1. The van der Waals surface area contributed by atoms with Crippen LogP contribution in [0.4, 0.5) is 5.13 Å². The van der Waals surface area contributed by atoms with Crippen molar-refractivity contribution in [2.75, 3.05) is 57.4 Å². The monoisotopic (exact) mass is 406 g/mol. The molecule has 0 bridgehead atoms. The predicted molar refractivity (Wildman–Crippen MR) is 107 cm³/mol. The van der Waals surface area contributed by atoms with E-state index in [1.165, 1.54) is 28.3 Å². The number of fused-ring (bicyclic) bond motifs is 1. The minimum absolute atomic E-state index is 0.240. The van der Waals surface area contributed by atoms with E-state index in [4.69, 9.17) is 4.74 Å². The molecule has 1 amide bonds. The molecular weight excluding hydrogens is 380 g/mol. The summed E-state index contributed by atoms with van der Waals surface area (Å²) in [5.74, 6) is 0.309. The molecule has 2 aromatic rings. The third-order valence-corrected chi connectivity index (χ3v) is 6.19. The molecule has 152 valence electrons. The van der Waals surface area contributed by atoms with E-state index in [0.29, 0.717) is 17.4 Å². The topological polar surface area (TPSA) is 92.1 Å². The lowest BCUT2D eigenvalue weighted by Gasteiger charge is -2.30. The van der Waals surface area contributed by atoms with E-state index in [2.05, 4.69) is 32.1 Å². The zero-order chi connectivity index (χ0) is 19.5. The highest BCUT2D eigenvalue weighted by atomic mass is 32.1. The number of amides is 1. The fourth-order valence-corrected chi connectivity index (χ4v) is 4.64. The summed E-state index contributed by atoms with van der Waals surface area (Å²) in [4.78, 5) is 33.7. The molecule has 0 unspecified atom stereocenters. The number of hydrogen-bond donors (Lipinski definition) is 1. The van der Waals surface area contributed by atoms with Crippen LogP contribution < -0.4 is 15.8 Å². The van der Waals surface area contributed by atoms with Crippen LogP contribution in [0.1, 0.15) is 30.3 Å². The Kier molecular flexibility index (Phi) is 5.88. The van der Waals surface area contributed by atoms with Crippen LogP contribution in [-0.2, 0) is 4.74 Å². The minimum Gasteiger partial charge on any atom is -0.379 e. The molecule has 4 rings (SSSR count). The number of carbonyl (C=O) groups excluding carboxylic acids is 1. The van der Waals surface area contributed by atoms with Crippen molar-refractivity contribution in [3.05, 3.63) is 22.1 Å². The minimum atomic E-state index is -0.416. The van der Waals surface area contributed by atoms with Gasteiger partial charge in [-0.3, -0.25) is 14.5 Å². The predicted octanol–water partition coefficient (Wildman–Crippen LogP) is 0.449. The number of nitrogens with zero attached hydrogens (tertiary/aromatic N) is 5. The first-order valence-corrected chi connectivity index (χ1v) is 10.7. The molecule has 0 aliphatic carbocycles. The molecule has 2 aliphatic heterocycles. The van der Waals surface area contributed by atoms with Gasteiger partial charge in [-0.25, -0.2) is 0 Å². The lowest BCUT2D eigenvalue weighted by atomic mass is 10.0. The Morgan fingerprint density at radius 3 is 2.96 bits per heavy atom. The Morgan fingerprint density at radius 1 is 1.36 bits per heavy atom. The van der Waals surface area contributed by atoms with E-state index in [1.807, 2.05) is 0 Å². The van der Waals surface area contributed by atoms with E-state index in [-0.39, 0.29) is 11.6 Å². The van der Waals surface area contributed by atoms with Crippen LogP contribution in [0, 0.1) is 5.92 Å². The van der Waals surface area contributed by atoms with Crippen molar-refractivity contribution in [2.45, 2.75) is 19.8 Å². The molecule has 9 nitrogen and oxygen atoms in total. The molecule has 10 heteroatoms. The molecule has 2 aliphatic rings. The molecule has 4 heterocycles. The summed E-state index contributed by atoms with van der Waals surface area (Å²) in [6, 6.07) is 1.26. The molecule has 0 radical (unpaired) electrons. The van der Waals surface area contributed by atoms with Gasteiger partial charge < -0.3 is 15.0 Å². The number of anilines is 1. The highest BCUT2D eigenvalue weighted by molar-refractivity contribution is 7.20. The number of morpholine rings is 1. The Morgan fingerprint density at radius 2 is 2.18 bits per heavy atom. The van der Waals surface area contributed by atoms with Gasteiger partial charge in [0.05, 0.1) is 13.2 Å². The fourth-order valence-electron chi connectivity index (χ4n) is 3.70.